The SMILES string of the molecule is CC[S@@](=N)(=O)c1ccc(N2CCC(F)(F)C2)c(-c2cc3cc(OC)ccc3n2C(=O)OC(C)(C)C)c1. The molecule has 0 spiro atoms. The molecule has 1 aliphatic heterocycles. The monoisotopic (exact) mass is 519 g/mol. The van der Waals surface area contributed by atoms with Crippen molar-refractivity contribution in [1.29, 1.82) is 4.78 Å². The van der Waals surface area contributed by atoms with Crippen LogP contribution in [0.15, 0.2) is 47.4 Å². The van der Waals surface area contributed by atoms with Gasteiger partial charge in [0.2, 0.25) is 0 Å². The van der Waals surface area contributed by atoms with Crippen LogP contribution in [0.4, 0.5) is 19.3 Å². The Hall–Kier alpha value is -3.14. The molecular formula is C26H31F2N3O4S. The van der Waals surface area contributed by atoms with Crippen LogP contribution < -0.4 is 9.64 Å². The van der Waals surface area contributed by atoms with E-state index in [9.17, 15) is 17.8 Å². The fourth-order valence-electron chi connectivity index (χ4n) is 4.33. The molecule has 4 rings (SSSR count). The predicted octanol–water partition coefficient (Wildman–Crippen LogP) is 6.37. The molecule has 0 bridgehead atoms. The normalized spacial score (nSPS) is 17.2. The molecule has 1 N–H and O–H groups in total. The summed E-state index contributed by atoms with van der Waals surface area (Å²) in [6.45, 7) is 6.60. The van der Waals surface area contributed by atoms with E-state index in [0.29, 0.717) is 33.6 Å². The lowest BCUT2D eigenvalue weighted by molar-refractivity contribution is 0.0257. The first-order valence-corrected chi connectivity index (χ1v) is 13.4. The fourth-order valence-corrected chi connectivity index (χ4v) is 5.26. The quantitative estimate of drug-likeness (QED) is 0.423. The molecule has 1 aliphatic rings. The van der Waals surface area contributed by atoms with E-state index in [2.05, 4.69) is 0 Å². The molecule has 0 amide bonds. The van der Waals surface area contributed by atoms with Crippen LogP contribution in [0.25, 0.3) is 22.2 Å². The predicted molar refractivity (Wildman–Crippen MR) is 137 cm³/mol. The number of carbonyl (C=O) groups excluding carboxylic acids is 1. The average Bonchev–Trinajstić information content (AvgIpc) is 3.36. The molecule has 0 saturated carbocycles. The van der Waals surface area contributed by atoms with E-state index in [4.69, 9.17) is 14.3 Å². The van der Waals surface area contributed by atoms with E-state index >= 15 is 0 Å². The van der Waals surface area contributed by atoms with E-state index < -0.39 is 33.9 Å². The molecule has 0 unspecified atom stereocenters. The highest BCUT2D eigenvalue weighted by atomic mass is 32.2. The highest BCUT2D eigenvalue weighted by Crippen LogP contribution is 2.41. The summed E-state index contributed by atoms with van der Waals surface area (Å²) in [5.41, 5.74) is 1.06. The lowest BCUT2D eigenvalue weighted by Crippen LogP contribution is -2.28. The number of methoxy groups -OCH3 is 1. The number of hydrogen-bond acceptors (Lipinski definition) is 6. The van der Waals surface area contributed by atoms with Crippen LogP contribution in [0.3, 0.4) is 0 Å². The molecule has 0 aliphatic carbocycles. The Bertz CT molecular complexity index is 1420. The lowest BCUT2D eigenvalue weighted by atomic mass is 10.1. The van der Waals surface area contributed by atoms with Crippen LogP contribution >= 0.6 is 0 Å². The standard InChI is InChI=1S/C26H31F2N3O4S/c1-6-36(29,33)19-8-10-22(30-12-11-26(27,28)16-30)20(15-19)23-14-17-13-18(34-5)7-9-21(17)31(23)24(32)35-25(2,3)4/h7-10,13-15,29H,6,11-12,16H2,1-5H3/t36-/m1/s1. The summed E-state index contributed by atoms with van der Waals surface area (Å²) in [5.74, 6) is -2.16. The second kappa shape index (κ2) is 9.06. The number of anilines is 1. The molecular weight excluding hydrogens is 488 g/mol. The van der Waals surface area contributed by atoms with Gasteiger partial charge in [-0.05, 0) is 63.2 Å². The third-order valence-corrected chi connectivity index (χ3v) is 7.95. The van der Waals surface area contributed by atoms with Crippen LogP contribution in [-0.4, -0.2) is 52.3 Å². The van der Waals surface area contributed by atoms with Gasteiger partial charge in [0.25, 0.3) is 5.92 Å². The summed E-state index contributed by atoms with van der Waals surface area (Å²) in [5, 5.41) is 0.681. The highest BCUT2D eigenvalue weighted by molar-refractivity contribution is 7.92. The molecule has 2 aromatic carbocycles. The van der Waals surface area contributed by atoms with Gasteiger partial charge in [0.1, 0.15) is 11.4 Å². The lowest BCUT2D eigenvalue weighted by Gasteiger charge is -2.24. The van der Waals surface area contributed by atoms with E-state index in [-0.39, 0.29) is 23.6 Å². The molecule has 1 saturated heterocycles. The zero-order chi connectivity index (χ0) is 26.5. The highest BCUT2D eigenvalue weighted by Gasteiger charge is 2.39. The largest absolute Gasteiger partial charge is 0.497 e. The number of alkyl halides is 2. The number of halogens is 2. The molecule has 10 heteroatoms. The first-order chi connectivity index (χ1) is 16.7. The number of aromatic nitrogens is 1. The van der Waals surface area contributed by atoms with Crippen molar-refractivity contribution in [3.05, 3.63) is 42.5 Å². The molecule has 194 valence electrons. The summed E-state index contributed by atoms with van der Waals surface area (Å²) in [6, 6.07) is 11.7. The van der Waals surface area contributed by atoms with Crippen LogP contribution in [0.1, 0.15) is 34.1 Å². The number of ether oxygens (including phenoxy) is 2. The Morgan fingerprint density at radius 3 is 2.47 bits per heavy atom. The van der Waals surface area contributed by atoms with E-state index in [1.807, 2.05) is 0 Å². The summed E-state index contributed by atoms with van der Waals surface area (Å²) < 4.78 is 62.0. The Morgan fingerprint density at radius 2 is 1.89 bits per heavy atom. The van der Waals surface area contributed by atoms with Crippen LogP contribution in [0.5, 0.6) is 5.75 Å². The van der Waals surface area contributed by atoms with Gasteiger partial charge in [-0.3, -0.25) is 0 Å². The van der Waals surface area contributed by atoms with Gasteiger partial charge in [0.05, 0.1) is 34.6 Å². The third-order valence-electron chi connectivity index (χ3n) is 6.13. The van der Waals surface area contributed by atoms with Gasteiger partial charge >= 0.3 is 6.09 Å². The van der Waals surface area contributed by atoms with E-state index in [0.717, 1.165) is 0 Å². The molecule has 3 aromatic rings. The first kappa shape index (κ1) is 25.9. The van der Waals surface area contributed by atoms with Crippen molar-refractivity contribution < 1.29 is 27.3 Å². The summed E-state index contributed by atoms with van der Waals surface area (Å²) in [7, 11) is -1.57. The van der Waals surface area contributed by atoms with Gasteiger partial charge in [-0.1, -0.05) is 6.92 Å². The Balaban J connectivity index is 2.01. The van der Waals surface area contributed by atoms with Crippen molar-refractivity contribution in [2.75, 3.05) is 30.9 Å². The van der Waals surface area contributed by atoms with Gasteiger partial charge in [-0.25, -0.2) is 27.1 Å². The maximum absolute atomic E-state index is 14.2. The van der Waals surface area contributed by atoms with Crippen molar-refractivity contribution in [2.45, 2.75) is 50.5 Å². The van der Waals surface area contributed by atoms with Crippen LogP contribution in [0.2, 0.25) is 0 Å². The number of nitrogens with one attached hydrogen (secondary N) is 1. The van der Waals surface area contributed by atoms with Crippen molar-refractivity contribution in [3.8, 4) is 17.0 Å². The van der Waals surface area contributed by atoms with Crippen molar-refractivity contribution in [2.24, 2.45) is 0 Å². The number of fused-ring (bicyclic) bond motifs is 1. The number of benzene rings is 2. The minimum absolute atomic E-state index is 0.0970. The minimum atomic E-state index is -3.11. The first-order valence-electron chi connectivity index (χ1n) is 11.7. The van der Waals surface area contributed by atoms with Gasteiger partial charge in [-0.2, -0.15) is 0 Å². The molecule has 1 aromatic heterocycles. The Labute approximate surface area is 210 Å². The van der Waals surface area contributed by atoms with Crippen LogP contribution in [-0.2, 0) is 14.5 Å². The molecule has 0 radical (unpaired) electrons. The van der Waals surface area contributed by atoms with Crippen molar-refractivity contribution in [1.82, 2.24) is 4.57 Å². The van der Waals surface area contributed by atoms with Crippen molar-refractivity contribution >= 4 is 32.4 Å². The van der Waals surface area contributed by atoms with Gasteiger partial charge < -0.3 is 14.4 Å². The van der Waals surface area contributed by atoms with E-state index in [1.54, 1.807) is 75.1 Å². The number of hydrogen-bond donors (Lipinski definition) is 1. The number of rotatable bonds is 5. The molecule has 1 atom stereocenters. The molecule has 1 fully saturated rings. The second-order valence-corrected chi connectivity index (χ2v) is 12.3. The number of carbonyl (C=O) groups is 1. The summed E-state index contributed by atoms with van der Waals surface area (Å²) >= 11 is 0. The minimum Gasteiger partial charge on any atom is -0.497 e. The Kier molecular flexibility index (Phi) is 6.53. The molecule has 7 nitrogen and oxygen atoms in total. The zero-order valence-corrected chi connectivity index (χ0v) is 21.9. The molecule has 36 heavy (non-hydrogen) atoms. The van der Waals surface area contributed by atoms with Crippen molar-refractivity contribution in [3.63, 3.8) is 0 Å². The third kappa shape index (κ3) is 5.04. The Morgan fingerprint density at radius 1 is 1.17 bits per heavy atom. The van der Waals surface area contributed by atoms with Gasteiger partial charge in [0.15, 0.2) is 0 Å². The zero-order valence-electron chi connectivity index (χ0n) is 21.1. The van der Waals surface area contributed by atoms with E-state index in [1.165, 1.54) is 11.7 Å². The molecule has 2 heterocycles. The van der Waals surface area contributed by atoms with Gasteiger partial charge in [-0.15, -0.1) is 0 Å². The summed E-state index contributed by atoms with van der Waals surface area (Å²) in [6.07, 6.45) is -0.923. The maximum Gasteiger partial charge on any atom is 0.419 e. The number of nitrogens with zero attached hydrogens (tertiary/aromatic N) is 2. The van der Waals surface area contributed by atoms with Crippen LogP contribution in [0, 0.1) is 4.78 Å². The topological polar surface area (TPSA) is 84.6 Å². The smallest absolute Gasteiger partial charge is 0.419 e. The maximum atomic E-state index is 14.2. The van der Waals surface area contributed by atoms with Gasteiger partial charge in [0, 0.05) is 40.3 Å². The summed E-state index contributed by atoms with van der Waals surface area (Å²) in [4.78, 5) is 15.3. The average molecular weight is 520 g/mol. The fraction of sp³-hybridized carbons (Fsp3) is 0.423. The second-order valence-electron chi connectivity index (χ2n) is 9.94.